The summed E-state index contributed by atoms with van der Waals surface area (Å²) in [5.41, 5.74) is 7.33. The molecule has 0 fully saturated rings. The van der Waals surface area contributed by atoms with Crippen LogP contribution < -0.4 is 15.8 Å². The second-order valence-corrected chi connectivity index (χ2v) is 3.39. The van der Waals surface area contributed by atoms with Crippen molar-refractivity contribution in [3.05, 3.63) is 29.3 Å². The van der Waals surface area contributed by atoms with Crippen LogP contribution in [0.1, 0.15) is 11.1 Å². The molecule has 0 aliphatic heterocycles. The maximum absolute atomic E-state index is 10.4. The number of carbonyl (C=O) groups is 1. The highest BCUT2D eigenvalue weighted by atomic mass is 16.5. The minimum atomic E-state index is -0.529. The number of hydrogen-bond donors (Lipinski definition) is 2. The molecule has 2 amide bonds. The normalized spacial score (nSPS) is 9.73. The Morgan fingerprint density at radius 2 is 2.13 bits per heavy atom. The van der Waals surface area contributed by atoms with Crippen LogP contribution in [0.4, 0.5) is 4.79 Å². The topological polar surface area (TPSA) is 64.3 Å². The lowest BCUT2D eigenvalue weighted by Gasteiger charge is -2.08. The van der Waals surface area contributed by atoms with Crippen molar-refractivity contribution in [1.82, 2.24) is 5.32 Å². The molecule has 4 nitrogen and oxygen atoms in total. The molecule has 4 heteroatoms. The van der Waals surface area contributed by atoms with Gasteiger partial charge in [-0.15, -0.1) is 0 Å². The summed E-state index contributed by atoms with van der Waals surface area (Å²) in [5, 5.41) is 2.46. The number of aryl methyl sites for hydroxylation is 2. The van der Waals surface area contributed by atoms with Crippen LogP contribution in [0, 0.1) is 13.8 Å². The molecule has 15 heavy (non-hydrogen) atoms. The number of ether oxygens (including phenoxy) is 1. The van der Waals surface area contributed by atoms with Gasteiger partial charge in [-0.1, -0.05) is 6.07 Å². The van der Waals surface area contributed by atoms with Gasteiger partial charge in [-0.3, -0.25) is 0 Å². The van der Waals surface area contributed by atoms with E-state index in [0.29, 0.717) is 13.2 Å². The molecule has 0 unspecified atom stereocenters. The van der Waals surface area contributed by atoms with Crippen molar-refractivity contribution in [2.75, 3.05) is 13.2 Å². The molecule has 0 aliphatic carbocycles. The Hall–Kier alpha value is -1.71. The standard InChI is InChI=1S/C11H16N2O2/c1-8-3-4-10(7-9(8)2)15-6-5-13-11(12)14/h3-4,7H,5-6H2,1-2H3,(H3,12,13,14). The van der Waals surface area contributed by atoms with Gasteiger partial charge in [0.1, 0.15) is 12.4 Å². The number of nitrogens with two attached hydrogens (primary N) is 1. The van der Waals surface area contributed by atoms with Crippen molar-refractivity contribution in [2.45, 2.75) is 13.8 Å². The molecule has 0 saturated heterocycles. The van der Waals surface area contributed by atoms with E-state index in [1.165, 1.54) is 11.1 Å². The van der Waals surface area contributed by atoms with E-state index in [1.54, 1.807) is 0 Å². The van der Waals surface area contributed by atoms with Gasteiger partial charge in [0.05, 0.1) is 6.54 Å². The zero-order chi connectivity index (χ0) is 11.3. The molecule has 0 aromatic heterocycles. The second kappa shape index (κ2) is 5.24. The maximum Gasteiger partial charge on any atom is 0.312 e. The quantitative estimate of drug-likeness (QED) is 0.733. The van der Waals surface area contributed by atoms with Crippen LogP contribution in [-0.4, -0.2) is 19.2 Å². The lowest BCUT2D eigenvalue weighted by molar-refractivity contribution is 0.244. The van der Waals surface area contributed by atoms with E-state index in [9.17, 15) is 4.79 Å². The van der Waals surface area contributed by atoms with Gasteiger partial charge in [-0.2, -0.15) is 0 Å². The van der Waals surface area contributed by atoms with Crippen LogP contribution in [0.3, 0.4) is 0 Å². The number of primary amides is 1. The summed E-state index contributed by atoms with van der Waals surface area (Å²) in [6, 6.07) is 5.36. The second-order valence-electron chi connectivity index (χ2n) is 3.39. The van der Waals surface area contributed by atoms with Gasteiger partial charge in [0.15, 0.2) is 0 Å². The maximum atomic E-state index is 10.4. The van der Waals surface area contributed by atoms with Gasteiger partial charge >= 0.3 is 6.03 Å². The van der Waals surface area contributed by atoms with E-state index in [1.807, 2.05) is 32.0 Å². The van der Waals surface area contributed by atoms with Crippen molar-refractivity contribution in [3.63, 3.8) is 0 Å². The van der Waals surface area contributed by atoms with E-state index in [0.717, 1.165) is 5.75 Å². The van der Waals surface area contributed by atoms with Crippen molar-refractivity contribution >= 4 is 6.03 Å². The molecule has 0 radical (unpaired) electrons. The Labute approximate surface area is 89.4 Å². The molecule has 3 N–H and O–H groups in total. The average molecular weight is 208 g/mol. The van der Waals surface area contributed by atoms with E-state index in [4.69, 9.17) is 10.5 Å². The predicted octanol–water partition coefficient (Wildman–Crippen LogP) is 1.35. The van der Waals surface area contributed by atoms with Crippen LogP contribution in [0.5, 0.6) is 5.75 Å². The molecule has 1 aromatic rings. The Morgan fingerprint density at radius 1 is 1.40 bits per heavy atom. The highest BCUT2D eigenvalue weighted by Gasteiger charge is 1.97. The molecule has 1 rings (SSSR count). The van der Waals surface area contributed by atoms with Crippen LogP contribution in [0.2, 0.25) is 0 Å². The average Bonchev–Trinajstić information content (AvgIpc) is 2.18. The SMILES string of the molecule is Cc1ccc(OCCNC(N)=O)cc1C. The molecular formula is C11H16N2O2. The van der Waals surface area contributed by atoms with Crippen molar-refractivity contribution in [1.29, 1.82) is 0 Å². The monoisotopic (exact) mass is 208 g/mol. The van der Waals surface area contributed by atoms with Gasteiger partial charge in [0, 0.05) is 0 Å². The lowest BCUT2D eigenvalue weighted by atomic mass is 10.1. The van der Waals surface area contributed by atoms with E-state index in [2.05, 4.69) is 5.32 Å². The molecule has 0 heterocycles. The lowest BCUT2D eigenvalue weighted by Crippen LogP contribution is -2.32. The van der Waals surface area contributed by atoms with Gasteiger partial charge in [0.2, 0.25) is 0 Å². The number of urea groups is 1. The fourth-order valence-electron chi connectivity index (χ4n) is 1.15. The first-order chi connectivity index (χ1) is 7.09. The number of rotatable bonds is 4. The minimum Gasteiger partial charge on any atom is -0.492 e. The van der Waals surface area contributed by atoms with E-state index < -0.39 is 6.03 Å². The molecule has 82 valence electrons. The van der Waals surface area contributed by atoms with Crippen LogP contribution in [0.15, 0.2) is 18.2 Å². The summed E-state index contributed by atoms with van der Waals surface area (Å²) in [7, 11) is 0. The van der Waals surface area contributed by atoms with Gasteiger partial charge in [-0.25, -0.2) is 4.79 Å². The van der Waals surface area contributed by atoms with E-state index in [-0.39, 0.29) is 0 Å². The summed E-state index contributed by atoms with van der Waals surface area (Å²) in [5.74, 6) is 0.810. The summed E-state index contributed by atoms with van der Waals surface area (Å²) in [6.45, 7) is 4.92. The third-order valence-corrected chi connectivity index (χ3v) is 2.15. The molecule has 0 atom stereocenters. The van der Waals surface area contributed by atoms with Gasteiger partial charge in [0.25, 0.3) is 0 Å². The number of amides is 2. The minimum absolute atomic E-state index is 0.419. The van der Waals surface area contributed by atoms with Crippen LogP contribution in [-0.2, 0) is 0 Å². The Kier molecular flexibility index (Phi) is 3.97. The largest absolute Gasteiger partial charge is 0.492 e. The fourth-order valence-corrected chi connectivity index (χ4v) is 1.15. The first-order valence-electron chi connectivity index (χ1n) is 4.83. The number of carbonyl (C=O) groups excluding carboxylic acids is 1. The first kappa shape index (κ1) is 11.4. The molecule has 0 spiro atoms. The Bertz CT molecular complexity index is 350. The zero-order valence-electron chi connectivity index (χ0n) is 9.04. The smallest absolute Gasteiger partial charge is 0.312 e. The third kappa shape index (κ3) is 3.89. The molecule has 0 bridgehead atoms. The molecule has 0 aliphatic rings. The predicted molar refractivity (Wildman–Crippen MR) is 59.0 cm³/mol. The Balaban J connectivity index is 2.38. The summed E-state index contributed by atoms with van der Waals surface area (Å²) >= 11 is 0. The molecule has 0 saturated carbocycles. The molecule has 1 aromatic carbocycles. The highest BCUT2D eigenvalue weighted by Crippen LogP contribution is 2.15. The van der Waals surface area contributed by atoms with E-state index >= 15 is 0 Å². The fraction of sp³-hybridized carbons (Fsp3) is 0.364. The summed E-state index contributed by atoms with van der Waals surface area (Å²) in [4.78, 5) is 10.4. The third-order valence-electron chi connectivity index (χ3n) is 2.15. The van der Waals surface area contributed by atoms with Gasteiger partial charge in [-0.05, 0) is 37.1 Å². The van der Waals surface area contributed by atoms with Gasteiger partial charge < -0.3 is 15.8 Å². The first-order valence-corrected chi connectivity index (χ1v) is 4.83. The van der Waals surface area contributed by atoms with Crippen molar-refractivity contribution in [2.24, 2.45) is 5.73 Å². The molecular weight excluding hydrogens is 192 g/mol. The van der Waals surface area contributed by atoms with Crippen molar-refractivity contribution in [3.8, 4) is 5.75 Å². The highest BCUT2D eigenvalue weighted by molar-refractivity contribution is 5.71. The summed E-state index contributed by atoms with van der Waals surface area (Å²) in [6.07, 6.45) is 0. The van der Waals surface area contributed by atoms with Crippen LogP contribution >= 0.6 is 0 Å². The number of hydrogen-bond acceptors (Lipinski definition) is 2. The zero-order valence-corrected chi connectivity index (χ0v) is 9.04. The number of benzene rings is 1. The summed E-state index contributed by atoms with van der Waals surface area (Å²) < 4.78 is 5.42. The van der Waals surface area contributed by atoms with Crippen LogP contribution in [0.25, 0.3) is 0 Å². The van der Waals surface area contributed by atoms with Crippen molar-refractivity contribution < 1.29 is 9.53 Å². The Morgan fingerprint density at radius 3 is 2.73 bits per heavy atom. The number of nitrogens with one attached hydrogen (secondary N) is 1.